The Labute approximate surface area is 128 Å². The Bertz CT molecular complexity index is 861. The first-order valence-electron chi connectivity index (χ1n) is 6.96. The van der Waals surface area contributed by atoms with E-state index >= 15 is 0 Å². The van der Waals surface area contributed by atoms with Crippen molar-refractivity contribution in [1.82, 2.24) is 9.38 Å². The fourth-order valence-electron chi connectivity index (χ4n) is 2.54. The summed E-state index contributed by atoms with van der Waals surface area (Å²) in [6.45, 7) is 0. The van der Waals surface area contributed by atoms with E-state index in [0.717, 1.165) is 28.3 Å². The molecule has 2 aromatic heterocycles. The summed E-state index contributed by atoms with van der Waals surface area (Å²) in [5.74, 6) is 0.812. The molecule has 0 fully saturated rings. The molecule has 0 bridgehead atoms. The summed E-state index contributed by atoms with van der Waals surface area (Å²) in [4.78, 5) is 4.64. The fraction of sp³-hybridized carbons (Fsp3) is 0.176. The van der Waals surface area contributed by atoms with Crippen LogP contribution in [-0.4, -0.2) is 16.5 Å². The second-order valence-corrected chi connectivity index (χ2v) is 5.06. The first kappa shape index (κ1) is 14.0. The van der Waals surface area contributed by atoms with Crippen LogP contribution in [0.2, 0.25) is 0 Å². The van der Waals surface area contributed by atoms with Crippen LogP contribution in [0.25, 0.3) is 5.65 Å². The van der Waals surface area contributed by atoms with Crippen molar-refractivity contribution in [3.8, 4) is 11.8 Å². The van der Waals surface area contributed by atoms with Gasteiger partial charge in [-0.25, -0.2) is 4.98 Å². The third-order valence-corrected chi connectivity index (χ3v) is 3.58. The lowest BCUT2D eigenvalue weighted by atomic mass is 10.1. The van der Waals surface area contributed by atoms with Gasteiger partial charge >= 0.3 is 0 Å². The van der Waals surface area contributed by atoms with Gasteiger partial charge in [0.1, 0.15) is 11.4 Å². The van der Waals surface area contributed by atoms with Crippen molar-refractivity contribution in [3.05, 3.63) is 59.5 Å². The zero-order valence-electron chi connectivity index (χ0n) is 12.3. The van der Waals surface area contributed by atoms with Crippen LogP contribution < -0.4 is 10.5 Å². The second kappa shape index (κ2) is 5.78. The highest BCUT2D eigenvalue weighted by molar-refractivity contribution is 5.51. The van der Waals surface area contributed by atoms with E-state index in [0.29, 0.717) is 18.5 Å². The lowest BCUT2D eigenvalue weighted by molar-refractivity contribution is 0.414. The molecule has 0 spiro atoms. The Morgan fingerprint density at radius 3 is 2.95 bits per heavy atom. The highest BCUT2D eigenvalue weighted by Gasteiger charge is 2.13. The van der Waals surface area contributed by atoms with Gasteiger partial charge in [-0.15, -0.1) is 0 Å². The largest absolute Gasteiger partial charge is 0.497 e. The number of hydrogen-bond donors (Lipinski definition) is 1. The summed E-state index contributed by atoms with van der Waals surface area (Å²) in [7, 11) is 1.65. The lowest BCUT2D eigenvalue weighted by Gasteiger charge is -2.04. The fourth-order valence-corrected chi connectivity index (χ4v) is 2.54. The van der Waals surface area contributed by atoms with Crippen molar-refractivity contribution in [2.75, 3.05) is 12.8 Å². The number of nitrogen functional groups attached to an aromatic ring is 1. The average Bonchev–Trinajstić information content (AvgIpc) is 2.85. The zero-order valence-corrected chi connectivity index (χ0v) is 12.3. The third kappa shape index (κ3) is 2.59. The molecule has 2 heterocycles. The molecular formula is C17H16N4O. The number of rotatable bonds is 4. The maximum atomic E-state index is 9.10. The first-order valence-corrected chi connectivity index (χ1v) is 6.96. The number of anilines is 1. The molecule has 1 aromatic carbocycles. The topological polar surface area (TPSA) is 76.3 Å². The van der Waals surface area contributed by atoms with Gasteiger partial charge in [-0.1, -0.05) is 12.1 Å². The van der Waals surface area contributed by atoms with E-state index in [1.54, 1.807) is 7.11 Å². The molecule has 3 aromatic rings. The summed E-state index contributed by atoms with van der Waals surface area (Å²) in [6.07, 6.45) is 2.75. The normalized spacial score (nSPS) is 10.5. The molecule has 3 rings (SSSR count). The van der Waals surface area contributed by atoms with E-state index in [-0.39, 0.29) is 0 Å². The van der Waals surface area contributed by atoms with Gasteiger partial charge in [0.15, 0.2) is 0 Å². The van der Waals surface area contributed by atoms with Gasteiger partial charge < -0.3 is 14.9 Å². The van der Waals surface area contributed by atoms with Crippen LogP contribution in [-0.2, 0) is 12.8 Å². The molecule has 2 N–H and O–H groups in total. The SMILES string of the molecule is COc1cccc(Cc2nc3ccc(N)cn3c2CC#N)c1. The van der Waals surface area contributed by atoms with Gasteiger partial charge in [0, 0.05) is 18.3 Å². The van der Waals surface area contributed by atoms with Crippen LogP contribution in [0, 0.1) is 11.3 Å². The van der Waals surface area contributed by atoms with E-state index in [4.69, 9.17) is 15.7 Å². The summed E-state index contributed by atoms with van der Waals surface area (Å²) in [5, 5.41) is 9.10. The minimum Gasteiger partial charge on any atom is -0.497 e. The second-order valence-electron chi connectivity index (χ2n) is 5.06. The van der Waals surface area contributed by atoms with Gasteiger partial charge in [-0.05, 0) is 29.8 Å². The molecule has 0 aliphatic rings. The van der Waals surface area contributed by atoms with Crippen molar-refractivity contribution in [2.24, 2.45) is 0 Å². The van der Waals surface area contributed by atoms with Crippen LogP contribution in [0.1, 0.15) is 17.0 Å². The van der Waals surface area contributed by atoms with Crippen LogP contribution in [0.5, 0.6) is 5.75 Å². The monoisotopic (exact) mass is 292 g/mol. The third-order valence-electron chi connectivity index (χ3n) is 3.58. The Hall–Kier alpha value is -3.00. The maximum Gasteiger partial charge on any atom is 0.137 e. The van der Waals surface area contributed by atoms with Crippen LogP contribution >= 0.6 is 0 Å². The lowest BCUT2D eigenvalue weighted by Crippen LogP contribution is -1.98. The number of imidazole rings is 1. The predicted molar refractivity (Wildman–Crippen MR) is 84.7 cm³/mol. The smallest absolute Gasteiger partial charge is 0.137 e. The molecule has 0 unspecified atom stereocenters. The van der Waals surface area contributed by atoms with E-state index in [9.17, 15) is 0 Å². The standard InChI is InChI=1S/C17H16N4O/c1-22-14-4-2-3-12(9-14)10-15-16(7-8-18)21-11-13(19)5-6-17(21)20-15/h2-6,9,11H,7,10,19H2,1H3. The van der Waals surface area contributed by atoms with Crippen molar-refractivity contribution < 1.29 is 4.74 Å². The molecule has 0 atom stereocenters. The van der Waals surface area contributed by atoms with Gasteiger partial charge in [-0.2, -0.15) is 5.26 Å². The molecule has 0 aliphatic heterocycles. The van der Waals surface area contributed by atoms with Crippen molar-refractivity contribution in [3.63, 3.8) is 0 Å². The highest BCUT2D eigenvalue weighted by Crippen LogP contribution is 2.21. The number of benzene rings is 1. The van der Waals surface area contributed by atoms with Crippen LogP contribution in [0.3, 0.4) is 0 Å². The molecule has 110 valence electrons. The summed E-state index contributed by atoms with van der Waals surface area (Å²) in [6, 6.07) is 13.7. The molecule has 0 saturated carbocycles. The Balaban J connectivity index is 2.05. The minimum absolute atomic E-state index is 0.296. The van der Waals surface area contributed by atoms with Crippen molar-refractivity contribution in [1.29, 1.82) is 5.26 Å². The van der Waals surface area contributed by atoms with Crippen LogP contribution in [0.15, 0.2) is 42.6 Å². The number of nitriles is 1. The summed E-state index contributed by atoms with van der Waals surface area (Å²) >= 11 is 0. The highest BCUT2D eigenvalue weighted by atomic mass is 16.5. The van der Waals surface area contributed by atoms with E-state index in [2.05, 4.69) is 11.1 Å². The molecule has 0 aliphatic carbocycles. The number of pyridine rings is 1. The number of nitrogens with zero attached hydrogens (tertiary/aromatic N) is 3. The number of ether oxygens (including phenoxy) is 1. The average molecular weight is 292 g/mol. The summed E-state index contributed by atoms with van der Waals surface area (Å²) in [5.41, 5.74) is 10.2. The molecule has 22 heavy (non-hydrogen) atoms. The zero-order chi connectivity index (χ0) is 15.5. The number of nitrogens with two attached hydrogens (primary N) is 1. The summed E-state index contributed by atoms with van der Waals surface area (Å²) < 4.78 is 7.15. The van der Waals surface area contributed by atoms with E-state index in [1.807, 2.05) is 47.0 Å². The number of hydrogen-bond acceptors (Lipinski definition) is 4. The van der Waals surface area contributed by atoms with Crippen LogP contribution in [0.4, 0.5) is 5.69 Å². The Kier molecular flexibility index (Phi) is 3.67. The molecule has 5 nitrogen and oxygen atoms in total. The Morgan fingerprint density at radius 2 is 2.18 bits per heavy atom. The number of aromatic nitrogens is 2. The van der Waals surface area contributed by atoms with E-state index in [1.165, 1.54) is 0 Å². The van der Waals surface area contributed by atoms with Gasteiger partial charge in [0.25, 0.3) is 0 Å². The quantitative estimate of drug-likeness (QED) is 0.802. The molecule has 0 radical (unpaired) electrons. The molecule has 5 heteroatoms. The molecule has 0 amide bonds. The van der Waals surface area contributed by atoms with Crippen molar-refractivity contribution >= 4 is 11.3 Å². The maximum absolute atomic E-state index is 9.10. The number of methoxy groups -OCH3 is 1. The minimum atomic E-state index is 0.296. The first-order chi connectivity index (χ1) is 10.7. The number of fused-ring (bicyclic) bond motifs is 1. The van der Waals surface area contributed by atoms with Crippen molar-refractivity contribution in [2.45, 2.75) is 12.8 Å². The molecule has 0 saturated heterocycles. The van der Waals surface area contributed by atoms with Gasteiger partial charge in [0.2, 0.25) is 0 Å². The Morgan fingerprint density at radius 1 is 1.32 bits per heavy atom. The van der Waals surface area contributed by atoms with Gasteiger partial charge in [0.05, 0.1) is 31.0 Å². The van der Waals surface area contributed by atoms with E-state index < -0.39 is 0 Å². The predicted octanol–water partition coefficient (Wildman–Crippen LogP) is 2.58. The van der Waals surface area contributed by atoms with Gasteiger partial charge in [-0.3, -0.25) is 0 Å². The molecular weight excluding hydrogens is 276 g/mol.